The van der Waals surface area contributed by atoms with Gasteiger partial charge in [0, 0.05) is 5.38 Å². The van der Waals surface area contributed by atoms with E-state index in [1.54, 1.807) is 6.92 Å². The predicted molar refractivity (Wildman–Crippen MR) is 80.5 cm³/mol. The molecule has 0 saturated carbocycles. The largest absolute Gasteiger partial charge is 0.476 e. The van der Waals surface area contributed by atoms with Crippen LogP contribution in [0.25, 0.3) is 0 Å². The quantitative estimate of drug-likeness (QED) is 0.889. The van der Waals surface area contributed by atoms with Gasteiger partial charge >= 0.3 is 5.97 Å². The van der Waals surface area contributed by atoms with Crippen molar-refractivity contribution < 1.29 is 14.7 Å². The predicted octanol–water partition coefficient (Wildman–Crippen LogP) is 2.57. The highest BCUT2D eigenvalue weighted by Gasteiger charge is 2.16. The lowest BCUT2D eigenvalue weighted by Crippen LogP contribution is -2.28. The van der Waals surface area contributed by atoms with Gasteiger partial charge in [0.25, 0.3) is 0 Å². The van der Waals surface area contributed by atoms with Gasteiger partial charge in [0.2, 0.25) is 5.91 Å². The molecule has 1 amide bonds. The Kier molecular flexibility index (Phi) is 4.70. The van der Waals surface area contributed by atoms with E-state index in [0.29, 0.717) is 11.4 Å². The molecule has 0 aliphatic rings. The number of hydrogen-bond acceptors (Lipinski definition) is 4. The number of carboxylic acid groups (broad SMARTS) is 1. The molecule has 2 N–H and O–H groups in total. The first-order chi connectivity index (χ1) is 9.95. The van der Waals surface area contributed by atoms with Gasteiger partial charge in [0.15, 0.2) is 5.69 Å². The second kappa shape index (κ2) is 6.49. The standard InChI is InChI=1S/C15H16N2O3S/c1-9-3-5-11(6-4-9)7-13(18)16-10(2)14-17-12(8-21-14)15(19)20/h3-6,8,10H,7H2,1-2H3,(H,16,18)(H,19,20). The highest BCUT2D eigenvalue weighted by molar-refractivity contribution is 7.09. The number of thiazole rings is 1. The Morgan fingerprint density at radius 2 is 2.00 bits per heavy atom. The molecule has 1 aromatic carbocycles. The van der Waals surface area contributed by atoms with Crippen LogP contribution in [-0.2, 0) is 11.2 Å². The van der Waals surface area contributed by atoms with E-state index in [4.69, 9.17) is 5.11 Å². The number of nitrogens with one attached hydrogen (secondary N) is 1. The number of amides is 1. The van der Waals surface area contributed by atoms with Crippen molar-refractivity contribution >= 4 is 23.2 Å². The van der Waals surface area contributed by atoms with E-state index < -0.39 is 5.97 Å². The summed E-state index contributed by atoms with van der Waals surface area (Å²) >= 11 is 1.23. The number of aryl methyl sites for hydroxylation is 1. The zero-order chi connectivity index (χ0) is 15.4. The van der Waals surface area contributed by atoms with Crippen LogP contribution in [0.2, 0.25) is 0 Å². The van der Waals surface area contributed by atoms with E-state index in [2.05, 4.69) is 10.3 Å². The van der Waals surface area contributed by atoms with Gasteiger partial charge in [0.1, 0.15) is 5.01 Å². The van der Waals surface area contributed by atoms with Crippen LogP contribution in [-0.4, -0.2) is 22.0 Å². The highest BCUT2D eigenvalue weighted by atomic mass is 32.1. The fraction of sp³-hybridized carbons (Fsp3) is 0.267. The number of rotatable bonds is 5. The summed E-state index contributed by atoms with van der Waals surface area (Å²) < 4.78 is 0. The van der Waals surface area contributed by atoms with Crippen LogP contribution < -0.4 is 5.32 Å². The number of carboxylic acids is 1. The summed E-state index contributed by atoms with van der Waals surface area (Å²) in [4.78, 5) is 26.7. The number of aromatic carboxylic acids is 1. The van der Waals surface area contributed by atoms with Gasteiger partial charge in [-0.2, -0.15) is 0 Å². The van der Waals surface area contributed by atoms with Crippen molar-refractivity contribution in [1.82, 2.24) is 10.3 Å². The third kappa shape index (κ3) is 4.13. The number of carbonyl (C=O) groups is 2. The van der Waals surface area contributed by atoms with Gasteiger partial charge in [-0.25, -0.2) is 9.78 Å². The third-order valence-electron chi connectivity index (χ3n) is 2.97. The van der Waals surface area contributed by atoms with E-state index in [0.717, 1.165) is 11.1 Å². The maximum Gasteiger partial charge on any atom is 0.355 e. The molecule has 21 heavy (non-hydrogen) atoms. The molecule has 1 atom stereocenters. The smallest absolute Gasteiger partial charge is 0.355 e. The summed E-state index contributed by atoms with van der Waals surface area (Å²) in [5.74, 6) is -1.17. The van der Waals surface area contributed by atoms with Crippen molar-refractivity contribution in [3.8, 4) is 0 Å². The Morgan fingerprint density at radius 1 is 1.33 bits per heavy atom. The SMILES string of the molecule is Cc1ccc(CC(=O)NC(C)c2nc(C(=O)O)cs2)cc1. The monoisotopic (exact) mass is 304 g/mol. The molecule has 0 aliphatic heterocycles. The van der Waals surface area contributed by atoms with Crippen molar-refractivity contribution in [3.63, 3.8) is 0 Å². The lowest BCUT2D eigenvalue weighted by atomic mass is 10.1. The Morgan fingerprint density at radius 3 is 2.57 bits per heavy atom. The topological polar surface area (TPSA) is 79.3 Å². The van der Waals surface area contributed by atoms with Crippen molar-refractivity contribution in [1.29, 1.82) is 0 Å². The Labute approximate surface area is 126 Å². The summed E-state index contributed by atoms with van der Waals surface area (Å²) in [5, 5.41) is 13.7. The number of hydrogen-bond donors (Lipinski definition) is 2. The van der Waals surface area contributed by atoms with Crippen molar-refractivity contribution in [2.24, 2.45) is 0 Å². The Bertz CT molecular complexity index is 649. The van der Waals surface area contributed by atoms with Gasteiger partial charge in [-0.05, 0) is 19.4 Å². The van der Waals surface area contributed by atoms with Gasteiger partial charge in [-0.1, -0.05) is 29.8 Å². The maximum atomic E-state index is 12.0. The molecule has 5 nitrogen and oxygen atoms in total. The average molecular weight is 304 g/mol. The van der Waals surface area contributed by atoms with Gasteiger partial charge in [-0.15, -0.1) is 11.3 Å². The Hall–Kier alpha value is -2.21. The minimum atomic E-state index is -1.06. The summed E-state index contributed by atoms with van der Waals surface area (Å²) in [6, 6.07) is 7.47. The highest BCUT2D eigenvalue weighted by Crippen LogP contribution is 2.18. The van der Waals surface area contributed by atoms with Crippen LogP contribution in [0.4, 0.5) is 0 Å². The summed E-state index contributed by atoms with van der Waals surface area (Å²) in [6.07, 6.45) is 0.293. The van der Waals surface area contributed by atoms with Gasteiger partial charge < -0.3 is 10.4 Å². The van der Waals surface area contributed by atoms with E-state index in [1.807, 2.05) is 31.2 Å². The molecule has 0 bridgehead atoms. The number of benzene rings is 1. The first kappa shape index (κ1) is 15.2. The van der Waals surface area contributed by atoms with Gasteiger partial charge in [-0.3, -0.25) is 4.79 Å². The molecular formula is C15H16N2O3S. The van der Waals surface area contributed by atoms with Crippen molar-refractivity contribution in [2.45, 2.75) is 26.3 Å². The first-order valence-electron chi connectivity index (χ1n) is 6.49. The first-order valence-corrected chi connectivity index (χ1v) is 7.37. The minimum absolute atomic E-state index is 0.00892. The molecule has 2 rings (SSSR count). The van der Waals surface area contributed by atoms with Gasteiger partial charge in [0.05, 0.1) is 12.5 Å². The molecule has 1 unspecified atom stereocenters. The number of aromatic nitrogens is 1. The van der Waals surface area contributed by atoms with E-state index in [-0.39, 0.29) is 17.6 Å². The van der Waals surface area contributed by atoms with Crippen LogP contribution >= 0.6 is 11.3 Å². The molecular weight excluding hydrogens is 288 g/mol. The fourth-order valence-corrected chi connectivity index (χ4v) is 2.63. The lowest BCUT2D eigenvalue weighted by Gasteiger charge is -2.11. The summed E-state index contributed by atoms with van der Waals surface area (Å²) in [5.41, 5.74) is 2.10. The average Bonchev–Trinajstić information content (AvgIpc) is 2.91. The zero-order valence-corrected chi connectivity index (χ0v) is 12.6. The lowest BCUT2D eigenvalue weighted by molar-refractivity contribution is -0.121. The number of carbonyl (C=O) groups excluding carboxylic acids is 1. The minimum Gasteiger partial charge on any atom is -0.476 e. The Balaban J connectivity index is 1.95. The number of nitrogens with zero attached hydrogens (tertiary/aromatic N) is 1. The molecule has 0 spiro atoms. The molecule has 0 saturated heterocycles. The molecule has 6 heteroatoms. The maximum absolute atomic E-state index is 12.0. The van der Waals surface area contributed by atoms with E-state index >= 15 is 0 Å². The second-order valence-electron chi connectivity index (χ2n) is 4.83. The van der Waals surface area contributed by atoms with Crippen LogP contribution in [0, 0.1) is 6.92 Å². The fourth-order valence-electron chi connectivity index (χ4n) is 1.83. The van der Waals surface area contributed by atoms with Crippen molar-refractivity contribution in [2.75, 3.05) is 0 Å². The molecule has 0 fully saturated rings. The van der Waals surface area contributed by atoms with Crippen LogP contribution in [0.1, 0.15) is 39.6 Å². The van der Waals surface area contributed by atoms with Crippen LogP contribution in [0.3, 0.4) is 0 Å². The molecule has 1 heterocycles. The molecule has 1 aromatic heterocycles. The third-order valence-corrected chi connectivity index (χ3v) is 4.00. The molecule has 110 valence electrons. The van der Waals surface area contributed by atoms with Crippen molar-refractivity contribution in [3.05, 3.63) is 51.5 Å². The van der Waals surface area contributed by atoms with Crippen LogP contribution in [0.5, 0.6) is 0 Å². The summed E-state index contributed by atoms with van der Waals surface area (Å²) in [6.45, 7) is 3.78. The normalized spacial score (nSPS) is 11.9. The molecule has 0 radical (unpaired) electrons. The van der Waals surface area contributed by atoms with E-state index in [1.165, 1.54) is 16.7 Å². The molecule has 2 aromatic rings. The molecule has 0 aliphatic carbocycles. The van der Waals surface area contributed by atoms with E-state index in [9.17, 15) is 9.59 Å². The second-order valence-corrected chi connectivity index (χ2v) is 5.72. The summed E-state index contributed by atoms with van der Waals surface area (Å²) in [7, 11) is 0. The van der Waals surface area contributed by atoms with Crippen LogP contribution in [0.15, 0.2) is 29.6 Å². The zero-order valence-electron chi connectivity index (χ0n) is 11.8.